The quantitative estimate of drug-likeness (QED) is 0.886. The molecule has 3 amide bonds. The highest BCUT2D eigenvalue weighted by Crippen LogP contribution is 2.42. The van der Waals surface area contributed by atoms with E-state index in [4.69, 9.17) is 0 Å². The molecule has 0 aromatic heterocycles. The number of carbonyl (C=O) groups is 2. The maximum absolute atomic E-state index is 12.6. The fourth-order valence-electron chi connectivity index (χ4n) is 4.33. The Morgan fingerprint density at radius 2 is 2.00 bits per heavy atom. The first-order valence-corrected chi connectivity index (χ1v) is 9.37. The molecule has 136 valence electrons. The molecule has 1 aromatic carbocycles. The van der Waals surface area contributed by atoms with E-state index in [0.29, 0.717) is 32.6 Å². The number of hydrogen-bond donors (Lipinski definition) is 2. The lowest BCUT2D eigenvalue weighted by molar-refractivity contribution is -0.120. The van der Waals surface area contributed by atoms with Gasteiger partial charge >= 0.3 is 6.03 Å². The van der Waals surface area contributed by atoms with Crippen molar-refractivity contribution in [3.8, 4) is 0 Å². The molecule has 2 N–H and O–H groups in total. The number of rotatable bonds is 3. The Hall–Kier alpha value is -2.04. The van der Waals surface area contributed by atoms with E-state index in [0.717, 1.165) is 12.8 Å². The molecule has 5 heteroatoms. The van der Waals surface area contributed by atoms with Gasteiger partial charge < -0.3 is 15.5 Å². The molecule has 1 aliphatic carbocycles. The molecule has 0 unspecified atom stereocenters. The summed E-state index contributed by atoms with van der Waals surface area (Å²) in [6.07, 6.45) is 5.06. The topological polar surface area (TPSA) is 61.4 Å². The Bertz CT molecular complexity index is 650. The van der Waals surface area contributed by atoms with E-state index in [-0.39, 0.29) is 17.4 Å². The van der Waals surface area contributed by atoms with Gasteiger partial charge in [0.25, 0.3) is 0 Å². The molecule has 2 aliphatic rings. The monoisotopic (exact) mass is 343 g/mol. The van der Waals surface area contributed by atoms with Crippen LogP contribution in [0.4, 0.5) is 4.79 Å². The predicted octanol–water partition coefficient (Wildman–Crippen LogP) is 2.65. The number of hydrogen-bond acceptors (Lipinski definition) is 2. The van der Waals surface area contributed by atoms with Gasteiger partial charge in [-0.2, -0.15) is 0 Å². The van der Waals surface area contributed by atoms with Crippen LogP contribution in [0.25, 0.3) is 0 Å². The summed E-state index contributed by atoms with van der Waals surface area (Å²) in [4.78, 5) is 25.8. The molecule has 1 aliphatic heterocycles. The first kappa shape index (κ1) is 17.8. The summed E-state index contributed by atoms with van der Waals surface area (Å²) in [6.45, 7) is 6.58. The largest absolute Gasteiger partial charge is 0.354 e. The second-order valence-electron chi connectivity index (χ2n) is 7.55. The normalized spacial score (nSPS) is 20.1. The van der Waals surface area contributed by atoms with Crippen molar-refractivity contribution < 1.29 is 9.59 Å². The van der Waals surface area contributed by atoms with Crippen LogP contribution in [0.5, 0.6) is 0 Å². The number of aryl methyl sites for hydroxylation is 2. The number of benzene rings is 1. The Balaban J connectivity index is 1.70. The second kappa shape index (κ2) is 7.46. The lowest BCUT2D eigenvalue weighted by Gasteiger charge is -2.33. The van der Waals surface area contributed by atoms with Crippen molar-refractivity contribution in [1.29, 1.82) is 0 Å². The summed E-state index contributed by atoms with van der Waals surface area (Å²) in [5.74, 6) is 0.0258. The molecule has 0 bridgehead atoms. The molecule has 0 spiro atoms. The molecule has 1 saturated carbocycles. The van der Waals surface area contributed by atoms with Crippen molar-refractivity contribution in [3.05, 3.63) is 34.9 Å². The van der Waals surface area contributed by atoms with Gasteiger partial charge in [-0.25, -0.2) is 4.79 Å². The molecule has 1 aromatic rings. The smallest absolute Gasteiger partial charge is 0.317 e. The van der Waals surface area contributed by atoms with Crippen LogP contribution < -0.4 is 10.6 Å². The molecule has 2 fully saturated rings. The van der Waals surface area contributed by atoms with Gasteiger partial charge in [-0.1, -0.05) is 36.6 Å². The highest BCUT2D eigenvalue weighted by Gasteiger charge is 2.37. The lowest BCUT2D eigenvalue weighted by Crippen LogP contribution is -2.46. The van der Waals surface area contributed by atoms with Crippen LogP contribution in [0.15, 0.2) is 18.2 Å². The fraction of sp³-hybridized carbons (Fsp3) is 0.600. The lowest BCUT2D eigenvalue weighted by atomic mass is 9.76. The first-order chi connectivity index (χ1) is 12.0. The third-order valence-electron chi connectivity index (χ3n) is 5.69. The Morgan fingerprint density at radius 3 is 2.72 bits per heavy atom. The zero-order valence-electron chi connectivity index (χ0n) is 15.4. The predicted molar refractivity (Wildman–Crippen MR) is 98.7 cm³/mol. The minimum absolute atomic E-state index is 0.0258. The minimum Gasteiger partial charge on any atom is -0.354 e. The van der Waals surface area contributed by atoms with Crippen molar-refractivity contribution in [2.45, 2.75) is 51.4 Å². The van der Waals surface area contributed by atoms with Gasteiger partial charge in [-0.15, -0.1) is 0 Å². The van der Waals surface area contributed by atoms with E-state index in [1.807, 2.05) is 0 Å². The summed E-state index contributed by atoms with van der Waals surface area (Å²) >= 11 is 0. The van der Waals surface area contributed by atoms with Gasteiger partial charge in [0.05, 0.1) is 0 Å². The standard InChI is InChI=1S/C20H29N3O2/c1-15-5-6-17(16(2)13-15)20(8-3-4-9-20)14-22-19(25)23-11-7-18(24)21-10-12-23/h5-6,13H,3-4,7-12,14H2,1-2H3,(H,21,24)(H,22,25). The van der Waals surface area contributed by atoms with E-state index in [1.165, 1.54) is 29.5 Å². The van der Waals surface area contributed by atoms with Gasteiger partial charge in [0.15, 0.2) is 0 Å². The van der Waals surface area contributed by atoms with E-state index >= 15 is 0 Å². The summed E-state index contributed by atoms with van der Waals surface area (Å²) in [5.41, 5.74) is 4.03. The second-order valence-corrected chi connectivity index (χ2v) is 7.55. The summed E-state index contributed by atoms with van der Waals surface area (Å²) < 4.78 is 0. The van der Waals surface area contributed by atoms with Crippen molar-refractivity contribution in [1.82, 2.24) is 15.5 Å². The third-order valence-corrected chi connectivity index (χ3v) is 5.69. The molecule has 5 nitrogen and oxygen atoms in total. The molecule has 0 atom stereocenters. The zero-order valence-corrected chi connectivity index (χ0v) is 15.4. The summed E-state index contributed by atoms with van der Waals surface area (Å²) in [7, 11) is 0. The Labute approximate surface area is 150 Å². The van der Waals surface area contributed by atoms with Crippen LogP contribution in [-0.4, -0.2) is 43.0 Å². The Kier molecular flexibility index (Phi) is 5.30. The summed E-state index contributed by atoms with van der Waals surface area (Å²) in [5, 5.41) is 5.98. The molecule has 0 radical (unpaired) electrons. The van der Waals surface area contributed by atoms with Crippen LogP contribution in [0.2, 0.25) is 0 Å². The molecular formula is C20H29N3O2. The van der Waals surface area contributed by atoms with Gasteiger partial charge in [0, 0.05) is 38.0 Å². The van der Waals surface area contributed by atoms with Gasteiger partial charge in [-0.05, 0) is 37.8 Å². The molecule has 3 rings (SSSR count). The van der Waals surface area contributed by atoms with Crippen LogP contribution >= 0.6 is 0 Å². The van der Waals surface area contributed by atoms with Crippen LogP contribution in [0, 0.1) is 13.8 Å². The van der Waals surface area contributed by atoms with Crippen molar-refractivity contribution >= 4 is 11.9 Å². The van der Waals surface area contributed by atoms with Crippen LogP contribution in [-0.2, 0) is 10.2 Å². The molecular weight excluding hydrogens is 314 g/mol. The molecule has 1 heterocycles. The van der Waals surface area contributed by atoms with Crippen molar-refractivity contribution in [2.75, 3.05) is 26.2 Å². The van der Waals surface area contributed by atoms with Gasteiger partial charge in [-0.3, -0.25) is 4.79 Å². The van der Waals surface area contributed by atoms with Crippen molar-refractivity contribution in [2.24, 2.45) is 0 Å². The van der Waals surface area contributed by atoms with Gasteiger partial charge in [0.1, 0.15) is 0 Å². The van der Waals surface area contributed by atoms with Crippen LogP contribution in [0.3, 0.4) is 0 Å². The number of nitrogens with one attached hydrogen (secondary N) is 2. The Morgan fingerprint density at radius 1 is 1.24 bits per heavy atom. The van der Waals surface area contributed by atoms with Crippen LogP contribution in [0.1, 0.15) is 48.8 Å². The highest BCUT2D eigenvalue weighted by atomic mass is 16.2. The number of carbonyl (C=O) groups excluding carboxylic acids is 2. The van der Waals surface area contributed by atoms with E-state index < -0.39 is 0 Å². The van der Waals surface area contributed by atoms with E-state index in [9.17, 15) is 9.59 Å². The molecule has 1 saturated heterocycles. The average Bonchev–Trinajstić information content (AvgIpc) is 2.95. The SMILES string of the molecule is Cc1ccc(C2(CNC(=O)N3CCNC(=O)CC3)CCCC2)c(C)c1. The third kappa shape index (κ3) is 3.97. The highest BCUT2D eigenvalue weighted by molar-refractivity contribution is 5.79. The zero-order chi connectivity index (χ0) is 17.9. The number of nitrogens with zero attached hydrogens (tertiary/aromatic N) is 1. The fourth-order valence-corrected chi connectivity index (χ4v) is 4.33. The molecule has 25 heavy (non-hydrogen) atoms. The number of urea groups is 1. The van der Waals surface area contributed by atoms with E-state index in [1.54, 1.807) is 4.90 Å². The van der Waals surface area contributed by atoms with Crippen molar-refractivity contribution in [3.63, 3.8) is 0 Å². The maximum Gasteiger partial charge on any atom is 0.317 e. The number of amides is 3. The minimum atomic E-state index is -0.0486. The van der Waals surface area contributed by atoms with Gasteiger partial charge in [0.2, 0.25) is 5.91 Å². The summed E-state index contributed by atoms with van der Waals surface area (Å²) in [6, 6.07) is 6.61. The average molecular weight is 343 g/mol. The van der Waals surface area contributed by atoms with E-state index in [2.05, 4.69) is 42.7 Å². The first-order valence-electron chi connectivity index (χ1n) is 9.37. The maximum atomic E-state index is 12.6.